The molecular weight excluding hydrogens is 274 g/mol. The van der Waals surface area contributed by atoms with Gasteiger partial charge in [-0.15, -0.1) is 0 Å². The molecule has 0 aromatic carbocycles. The highest BCUT2D eigenvalue weighted by molar-refractivity contribution is 5.83. The first-order valence-electron chi connectivity index (χ1n) is 7.60. The first kappa shape index (κ1) is 16.0. The number of carbonyl (C=O) groups excluding carboxylic acids is 1. The third kappa shape index (κ3) is 3.47. The Kier molecular flexibility index (Phi) is 5.05. The van der Waals surface area contributed by atoms with Crippen molar-refractivity contribution in [3.05, 3.63) is 0 Å². The summed E-state index contributed by atoms with van der Waals surface area (Å²) in [6.07, 6.45) is 1.09. The minimum absolute atomic E-state index is 0.0946. The molecule has 0 saturated carbocycles. The minimum Gasteiger partial charge on any atom is -0.480 e. The van der Waals surface area contributed by atoms with Crippen molar-refractivity contribution in [3.8, 4) is 0 Å². The van der Waals surface area contributed by atoms with Crippen LogP contribution in [0, 0.1) is 0 Å². The zero-order valence-corrected chi connectivity index (χ0v) is 12.7. The van der Waals surface area contributed by atoms with Crippen LogP contribution in [0.3, 0.4) is 0 Å². The lowest BCUT2D eigenvalue weighted by molar-refractivity contribution is -0.141. The number of urea groups is 1. The fraction of sp³-hybridized carbons (Fsp3) is 0.857. The van der Waals surface area contributed by atoms with Crippen LogP contribution in [-0.4, -0.2) is 88.3 Å². The van der Waals surface area contributed by atoms with E-state index in [-0.39, 0.29) is 25.0 Å². The van der Waals surface area contributed by atoms with Gasteiger partial charge in [0.05, 0.1) is 6.10 Å². The van der Waals surface area contributed by atoms with Crippen LogP contribution < -0.4 is 0 Å². The van der Waals surface area contributed by atoms with Crippen molar-refractivity contribution < 1.29 is 19.8 Å². The molecule has 2 N–H and O–H groups in total. The topological polar surface area (TPSA) is 84.3 Å². The third-order valence-electron chi connectivity index (χ3n) is 4.43. The molecule has 0 aliphatic carbocycles. The number of hydrogen-bond donors (Lipinski definition) is 2. The maximum atomic E-state index is 12.7. The van der Waals surface area contributed by atoms with Crippen LogP contribution >= 0.6 is 0 Å². The summed E-state index contributed by atoms with van der Waals surface area (Å²) >= 11 is 0. The van der Waals surface area contributed by atoms with Crippen molar-refractivity contribution in [2.45, 2.75) is 44.4 Å². The van der Waals surface area contributed by atoms with Crippen molar-refractivity contribution in [1.29, 1.82) is 0 Å². The van der Waals surface area contributed by atoms with Gasteiger partial charge in [0.15, 0.2) is 0 Å². The Morgan fingerprint density at radius 3 is 2.52 bits per heavy atom. The Labute approximate surface area is 125 Å². The van der Waals surface area contributed by atoms with Crippen LogP contribution in [-0.2, 0) is 4.79 Å². The number of likely N-dealkylation sites (tertiary alicyclic amines) is 1. The van der Waals surface area contributed by atoms with E-state index in [1.807, 2.05) is 14.0 Å². The number of β-amino-alcohol motifs (C(OH)–C–C–N with tert-alkyl or cyclic N) is 1. The maximum absolute atomic E-state index is 12.7. The Hall–Kier alpha value is -1.34. The number of amides is 2. The van der Waals surface area contributed by atoms with Crippen LogP contribution in [0.15, 0.2) is 0 Å². The predicted molar refractivity (Wildman–Crippen MR) is 77.0 cm³/mol. The van der Waals surface area contributed by atoms with Crippen molar-refractivity contribution >= 4 is 12.0 Å². The highest BCUT2D eigenvalue weighted by Gasteiger charge is 2.42. The molecule has 2 aliphatic heterocycles. The summed E-state index contributed by atoms with van der Waals surface area (Å²) in [5.74, 6) is -1.04. The van der Waals surface area contributed by atoms with Gasteiger partial charge in [-0.1, -0.05) is 6.92 Å². The summed E-state index contributed by atoms with van der Waals surface area (Å²) in [4.78, 5) is 29.3. The van der Waals surface area contributed by atoms with Crippen molar-refractivity contribution in [2.75, 3.05) is 33.2 Å². The van der Waals surface area contributed by atoms with Gasteiger partial charge in [0.2, 0.25) is 0 Å². The van der Waals surface area contributed by atoms with E-state index < -0.39 is 18.1 Å². The number of carboxylic acids is 1. The molecule has 2 rings (SSSR count). The second-order valence-electron chi connectivity index (χ2n) is 6.05. The van der Waals surface area contributed by atoms with Crippen LogP contribution in [0.5, 0.6) is 0 Å². The number of hydrogen-bond acceptors (Lipinski definition) is 4. The van der Waals surface area contributed by atoms with Crippen LogP contribution in [0.2, 0.25) is 0 Å². The average molecular weight is 299 g/mol. The lowest BCUT2D eigenvalue weighted by Gasteiger charge is -2.34. The zero-order chi connectivity index (χ0) is 15.6. The molecule has 3 atom stereocenters. The fourth-order valence-electron chi connectivity index (χ4n) is 3.27. The quantitative estimate of drug-likeness (QED) is 0.752. The van der Waals surface area contributed by atoms with Gasteiger partial charge in [0, 0.05) is 32.1 Å². The Balaban J connectivity index is 2.14. The highest BCUT2D eigenvalue weighted by atomic mass is 16.4. The summed E-state index contributed by atoms with van der Waals surface area (Å²) in [7, 11) is 2.04. The van der Waals surface area contributed by atoms with Crippen molar-refractivity contribution in [2.24, 2.45) is 0 Å². The predicted octanol–water partition coefficient (Wildman–Crippen LogP) is 0.0423. The largest absolute Gasteiger partial charge is 0.480 e. The van der Waals surface area contributed by atoms with Crippen molar-refractivity contribution in [1.82, 2.24) is 14.7 Å². The second-order valence-corrected chi connectivity index (χ2v) is 6.05. The van der Waals surface area contributed by atoms with Gasteiger partial charge in [-0.2, -0.15) is 0 Å². The number of nitrogens with zero attached hydrogens (tertiary/aromatic N) is 3. The molecule has 2 heterocycles. The normalized spacial score (nSPS) is 31.3. The number of rotatable bonds is 2. The van der Waals surface area contributed by atoms with Gasteiger partial charge in [-0.25, -0.2) is 9.59 Å². The molecule has 7 nitrogen and oxygen atoms in total. The van der Waals surface area contributed by atoms with E-state index in [1.165, 1.54) is 4.90 Å². The minimum atomic E-state index is -1.04. The highest BCUT2D eigenvalue weighted by Crippen LogP contribution is 2.22. The Morgan fingerprint density at radius 2 is 1.90 bits per heavy atom. The maximum Gasteiger partial charge on any atom is 0.326 e. The number of aliphatic hydroxyl groups is 1. The van der Waals surface area contributed by atoms with E-state index in [0.717, 1.165) is 25.9 Å². The average Bonchev–Trinajstić information content (AvgIpc) is 2.72. The third-order valence-corrected chi connectivity index (χ3v) is 4.43. The lowest BCUT2D eigenvalue weighted by Crippen LogP contribution is -2.52. The smallest absolute Gasteiger partial charge is 0.326 e. The SMILES string of the molecule is CCC1CN(C)CCCN1C(=O)N1CC(O)C[C@H]1C(=O)O. The summed E-state index contributed by atoms with van der Waals surface area (Å²) in [5.41, 5.74) is 0. The van der Waals surface area contributed by atoms with Gasteiger partial charge in [0.1, 0.15) is 6.04 Å². The van der Waals surface area contributed by atoms with Gasteiger partial charge in [-0.3, -0.25) is 0 Å². The van der Waals surface area contributed by atoms with E-state index in [1.54, 1.807) is 4.90 Å². The van der Waals surface area contributed by atoms with Gasteiger partial charge < -0.3 is 24.9 Å². The monoisotopic (exact) mass is 299 g/mol. The first-order chi connectivity index (χ1) is 9.93. The molecule has 0 bridgehead atoms. The lowest BCUT2D eigenvalue weighted by atomic mass is 10.2. The molecule has 0 aromatic heterocycles. The second kappa shape index (κ2) is 6.62. The van der Waals surface area contributed by atoms with E-state index >= 15 is 0 Å². The summed E-state index contributed by atoms with van der Waals surface area (Å²) in [5, 5.41) is 18.9. The van der Waals surface area contributed by atoms with Crippen LogP contribution in [0.1, 0.15) is 26.2 Å². The van der Waals surface area contributed by atoms with E-state index in [4.69, 9.17) is 0 Å². The molecule has 2 unspecified atom stereocenters. The number of likely N-dealkylation sites (N-methyl/N-ethyl adjacent to an activating group) is 1. The molecule has 2 amide bonds. The Bertz CT molecular complexity index is 404. The Morgan fingerprint density at radius 1 is 1.19 bits per heavy atom. The number of carboxylic acid groups (broad SMARTS) is 1. The van der Waals surface area contributed by atoms with E-state index in [2.05, 4.69) is 4.90 Å². The van der Waals surface area contributed by atoms with Gasteiger partial charge >= 0.3 is 12.0 Å². The molecule has 120 valence electrons. The summed E-state index contributed by atoms with van der Waals surface area (Å²) < 4.78 is 0. The molecule has 2 aliphatic rings. The molecule has 0 aromatic rings. The zero-order valence-electron chi connectivity index (χ0n) is 12.7. The van der Waals surface area contributed by atoms with Crippen LogP contribution in [0.25, 0.3) is 0 Å². The molecule has 2 fully saturated rings. The molecule has 0 radical (unpaired) electrons. The summed E-state index contributed by atoms with van der Waals surface area (Å²) in [6, 6.07) is -1.07. The van der Waals surface area contributed by atoms with Gasteiger partial charge in [-0.05, 0) is 26.4 Å². The molecule has 0 spiro atoms. The molecular formula is C14H25N3O4. The fourth-order valence-corrected chi connectivity index (χ4v) is 3.27. The van der Waals surface area contributed by atoms with E-state index in [0.29, 0.717) is 6.54 Å². The standard InChI is InChI=1S/C14H25N3O4/c1-3-10-8-15(2)5-4-6-16(10)14(21)17-9-11(18)7-12(17)13(19)20/h10-12,18H,3-9H2,1-2H3,(H,19,20)/t10?,11?,12-/m0/s1. The summed E-state index contributed by atoms with van der Waals surface area (Å²) in [6.45, 7) is 4.53. The molecule has 2 saturated heterocycles. The molecule has 21 heavy (non-hydrogen) atoms. The first-order valence-corrected chi connectivity index (χ1v) is 7.60. The number of aliphatic carboxylic acids is 1. The van der Waals surface area contributed by atoms with E-state index in [9.17, 15) is 19.8 Å². The van der Waals surface area contributed by atoms with Gasteiger partial charge in [0.25, 0.3) is 0 Å². The number of carbonyl (C=O) groups is 2. The van der Waals surface area contributed by atoms with Crippen molar-refractivity contribution in [3.63, 3.8) is 0 Å². The van der Waals surface area contributed by atoms with Crippen LogP contribution in [0.4, 0.5) is 4.79 Å². The molecule has 7 heteroatoms. The number of aliphatic hydroxyl groups excluding tert-OH is 1.